The molecule has 0 aliphatic rings. The highest BCUT2D eigenvalue weighted by Crippen LogP contribution is 2.10. The molecule has 1 heterocycles. The highest BCUT2D eigenvalue weighted by Gasteiger charge is 2.11. The Morgan fingerprint density at radius 2 is 2.25 bits per heavy atom. The van der Waals surface area contributed by atoms with Gasteiger partial charge in [-0.2, -0.15) is 0 Å². The summed E-state index contributed by atoms with van der Waals surface area (Å²) in [6, 6.07) is 1.19. The first kappa shape index (κ1) is 8.32. The van der Waals surface area contributed by atoms with Gasteiger partial charge in [0.2, 0.25) is 5.56 Å². The smallest absolute Gasteiger partial charge is 0.339 e. The molecular formula is C7H8N2O3. The molecule has 12 heavy (non-hydrogen) atoms. The number of rotatable bonds is 1. The van der Waals surface area contributed by atoms with Crippen molar-refractivity contribution in [3.05, 3.63) is 27.5 Å². The summed E-state index contributed by atoms with van der Waals surface area (Å²) >= 11 is 0. The topological polar surface area (TPSA) is 96.2 Å². The summed E-state index contributed by atoms with van der Waals surface area (Å²) in [7, 11) is 0. The minimum absolute atomic E-state index is 0.0467. The van der Waals surface area contributed by atoms with Crippen LogP contribution in [0, 0.1) is 6.92 Å². The number of carbonyl (C=O) groups is 1. The number of aromatic carboxylic acids is 1. The van der Waals surface area contributed by atoms with E-state index in [1.54, 1.807) is 0 Å². The fourth-order valence-corrected chi connectivity index (χ4v) is 0.996. The van der Waals surface area contributed by atoms with E-state index in [0.717, 1.165) is 0 Å². The molecule has 5 heteroatoms. The van der Waals surface area contributed by atoms with Crippen LogP contribution in [-0.4, -0.2) is 16.1 Å². The van der Waals surface area contributed by atoms with Gasteiger partial charge >= 0.3 is 5.97 Å². The summed E-state index contributed by atoms with van der Waals surface area (Å²) < 4.78 is 0. The number of pyridine rings is 1. The summed E-state index contributed by atoms with van der Waals surface area (Å²) in [5, 5.41) is 8.64. The van der Waals surface area contributed by atoms with Crippen LogP contribution in [0.15, 0.2) is 10.9 Å². The number of carboxylic acids is 1. The normalized spacial score (nSPS) is 9.75. The fourth-order valence-electron chi connectivity index (χ4n) is 0.996. The van der Waals surface area contributed by atoms with Gasteiger partial charge in [0.25, 0.3) is 0 Å². The van der Waals surface area contributed by atoms with Crippen molar-refractivity contribution in [3.63, 3.8) is 0 Å². The molecule has 5 nitrogen and oxygen atoms in total. The van der Waals surface area contributed by atoms with Crippen molar-refractivity contribution in [2.24, 2.45) is 0 Å². The molecule has 0 fully saturated rings. The highest BCUT2D eigenvalue weighted by molar-refractivity contribution is 5.94. The molecular weight excluding hydrogens is 160 g/mol. The molecule has 0 saturated heterocycles. The van der Waals surface area contributed by atoms with Crippen molar-refractivity contribution in [1.29, 1.82) is 0 Å². The average Bonchev–Trinajstić information content (AvgIpc) is 1.82. The van der Waals surface area contributed by atoms with E-state index >= 15 is 0 Å². The highest BCUT2D eigenvalue weighted by atomic mass is 16.4. The van der Waals surface area contributed by atoms with E-state index in [1.165, 1.54) is 13.0 Å². The predicted octanol–water partition coefficient (Wildman–Crippen LogP) is -0.0363. The van der Waals surface area contributed by atoms with Gasteiger partial charge in [-0.15, -0.1) is 0 Å². The molecule has 0 unspecified atom stereocenters. The summed E-state index contributed by atoms with van der Waals surface area (Å²) in [5.41, 5.74) is 5.21. The molecule has 0 spiro atoms. The first-order valence-corrected chi connectivity index (χ1v) is 3.25. The van der Waals surface area contributed by atoms with Gasteiger partial charge in [-0.25, -0.2) is 4.79 Å². The number of nitrogens with two attached hydrogens (primary N) is 1. The third-order valence-corrected chi connectivity index (χ3v) is 1.48. The average molecular weight is 168 g/mol. The Bertz CT molecular complexity index is 354. The molecule has 1 aromatic heterocycles. The van der Waals surface area contributed by atoms with E-state index in [0.29, 0.717) is 5.56 Å². The van der Waals surface area contributed by atoms with Crippen LogP contribution in [0.4, 0.5) is 5.82 Å². The summed E-state index contributed by atoms with van der Waals surface area (Å²) in [5.74, 6) is -1.24. The quantitative estimate of drug-likeness (QED) is 0.548. The van der Waals surface area contributed by atoms with Crippen LogP contribution in [-0.2, 0) is 0 Å². The Morgan fingerprint density at radius 3 is 2.67 bits per heavy atom. The van der Waals surface area contributed by atoms with Crippen LogP contribution in [0.25, 0.3) is 0 Å². The summed E-state index contributed by atoms with van der Waals surface area (Å²) in [4.78, 5) is 23.5. The van der Waals surface area contributed by atoms with Crippen LogP contribution in [0.3, 0.4) is 0 Å². The lowest BCUT2D eigenvalue weighted by molar-refractivity contribution is 0.0697. The number of hydrogen-bond donors (Lipinski definition) is 3. The minimum atomic E-state index is -1.14. The predicted molar refractivity (Wildman–Crippen MR) is 43.2 cm³/mol. The number of nitrogen functional groups attached to an aromatic ring is 1. The first-order valence-electron chi connectivity index (χ1n) is 3.25. The largest absolute Gasteiger partial charge is 0.478 e. The summed E-state index contributed by atoms with van der Waals surface area (Å²) in [6.07, 6.45) is 0. The second-order valence-corrected chi connectivity index (χ2v) is 2.41. The van der Waals surface area contributed by atoms with Crippen LogP contribution in [0.1, 0.15) is 15.9 Å². The zero-order chi connectivity index (χ0) is 9.30. The van der Waals surface area contributed by atoms with E-state index in [9.17, 15) is 9.59 Å². The fraction of sp³-hybridized carbons (Fsp3) is 0.143. The van der Waals surface area contributed by atoms with Crippen LogP contribution in [0.5, 0.6) is 0 Å². The second-order valence-electron chi connectivity index (χ2n) is 2.41. The van der Waals surface area contributed by atoms with Crippen molar-refractivity contribution in [2.75, 3.05) is 5.73 Å². The molecule has 0 aliphatic heterocycles. The lowest BCUT2D eigenvalue weighted by atomic mass is 10.1. The number of hydrogen-bond acceptors (Lipinski definition) is 3. The maximum Gasteiger partial charge on any atom is 0.339 e. The van der Waals surface area contributed by atoms with Gasteiger partial charge in [0.1, 0.15) is 11.4 Å². The van der Waals surface area contributed by atoms with Crippen molar-refractivity contribution in [3.8, 4) is 0 Å². The van der Waals surface area contributed by atoms with Gasteiger partial charge in [-0.3, -0.25) is 4.79 Å². The van der Waals surface area contributed by atoms with Crippen LogP contribution in [0.2, 0.25) is 0 Å². The van der Waals surface area contributed by atoms with Gasteiger partial charge in [0, 0.05) is 6.07 Å². The van der Waals surface area contributed by atoms with E-state index in [-0.39, 0.29) is 11.4 Å². The number of H-pyrrole nitrogens is 1. The van der Waals surface area contributed by atoms with Crippen molar-refractivity contribution in [2.45, 2.75) is 6.92 Å². The molecule has 0 aromatic carbocycles. The Labute approximate surface area is 67.8 Å². The molecule has 0 radical (unpaired) electrons. The van der Waals surface area contributed by atoms with Gasteiger partial charge < -0.3 is 15.8 Å². The SMILES string of the molecule is Cc1cc(=O)[nH]c(N)c1C(=O)O. The Hall–Kier alpha value is -1.78. The Kier molecular flexibility index (Phi) is 1.86. The molecule has 0 aliphatic carbocycles. The number of aromatic amines is 1. The van der Waals surface area contributed by atoms with Gasteiger partial charge in [-0.1, -0.05) is 0 Å². The van der Waals surface area contributed by atoms with E-state index < -0.39 is 11.5 Å². The molecule has 4 N–H and O–H groups in total. The van der Waals surface area contributed by atoms with Crippen LogP contribution >= 0.6 is 0 Å². The van der Waals surface area contributed by atoms with Gasteiger partial charge in [0.15, 0.2) is 0 Å². The van der Waals surface area contributed by atoms with Gasteiger partial charge in [0.05, 0.1) is 0 Å². The summed E-state index contributed by atoms with van der Waals surface area (Å²) in [6.45, 7) is 1.52. The number of aryl methyl sites for hydroxylation is 1. The maximum atomic E-state index is 10.8. The molecule has 1 aromatic rings. The molecule has 0 amide bonds. The lowest BCUT2D eigenvalue weighted by Crippen LogP contribution is -2.15. The molecule has 1 rings (SSSR count). The Balaban J connectivity index is 3.48. The van der Waals surface area contributed by atoms with Crippen molar-refractivity contribution >= 4 is 11.8 Å². The standard InChI is InChI=1S/C7H8N2O3/c1-3-2-4(10)9-6(8)5(3)7(11)12/h2H,1H3,(H,11,12)(H3,8,9,10). The third kappa shape index (κ3) is 1.29. The number of nitrogens with one attached hydrogen (secondary N) is 1. The third-order valence-electron chi connectivity index (χ3n) is 1.48. The monoisotopic (exact) mass is 168 g/mol. The molecule has 0 saturated carbocycles. The van der Waals surface area contributed by atoms with E-state index in [1.807, 2.05) is 0 Å². The first-order chi connectivity index (χ1) is 5.52. The lowest BCUT2D eigenvalue weighted by Gasteiger charge is -2.02. The van der Waals surface area contributed by atoms with E-state index in [2.05, 4.69) is 4.98 Å². The molecule has 0 bridgehead atoms. The van der Waals surface area contributed by atoms with Gasteiger partial charge in [-0.05, 0) is 12.5 Å². The zero-order valence-electron chi connectivity index (χ0n) is 6.42. The molecule has 64 valence electrons. The maximum absolute atomic E-state index is 10.8. The van der Waals surface area contributed by atoms with Crippen molar-refractivity contribution < 1.29 is 9.90 Å². The number of carboxylic acid groups (broad SMARTS) is 1. The molecule has 0 atom stereocenters. The number of anilines is 1. The Morgan fingerprint density at radius 1 is 1.67 bits per heavy atom. The second kappa shape index (κ2) is 2.69. The van der Waals surface area contributed by atoms with Crippen LogP contribution < -0.4 is 11.3 Å². The minimum Gasteiger partial charge on any atom is -0.478 e. The van der Waals surface area contributed by atoms with E-state index in [4.69, 9.17) is 10.8 Å². The zero-order valence-corrected chi connectivity index (χ0v) is 6.42. The van der Waals surface area contributed by atoms with Crippen molar-refractivity contribution in [1.82, 2.24) is 4.98 Å². The number of aromatic nitrogens is 1.